The molecule has 0 unspecified atom stereocenters. The van der Waals surface area contributed by atoms with E-state index < -0.39 is 29.9 Å². The van der Waals surface area contributed by atoms with Gasteiger partial charge in [0.05, 0.1) is 6.54 Å². The van der Waals surface area contributed by atoms with Crippen LogP contribution in [0.5, 0.6) is 0 Å². The van der Waals surface area contributed by atoms with Gasteiger partial charge in [0.1, 0.15) is 17.9 Å². The number of hydrogen-bond acceptors (Lipinski definition) is 8. The van der Waals surface area contributed by atoms with Crippen molar-refractivity contribution in [2.24, 2.45) is 5.92 Å². The highest BCUT2D eigenvalue weighted by atomic mass is 16.4. The summed E-state index contributed by atoms with van der Waals surface area (Å²) in [6, 6.07) is 1.48. The molecule has 0 radical (unpaired) electrons. The van der Waals surface area contributed by atoms with Gasteiger partial charge >= 0.3 is 5.97 Å². The lowest BCUT2D eigenvalue weighted by molar-refractivity contribution is -0.138. The molecule has 2 aliphatic rings. The number of carbonyl (C=O) groups is 4. The zero-order valence-corrected chi connectivity index (χ0v) is 18.4. The van der Waals surface area contributed by atoms with Gasteiger partial charge in [-0.25, -0.2) is 4.98 Å². The minimum atomic E-state index is -1.09. The number of anilines is 1. The van der Waals surface area contributed by atoms with Crippen molar-refractivity contribution in [2.45, 2.75) is 63.6 Å². The fourth-order valence-corrected chi connectivity index (χ4v) is 4.17. The Bertz CT molecular complexity index is 1060. The van der Waals surface area contributed by atoms with Gasteiger partial charge in [0.2, 0.25) is 11.8 Å². The predicted octanol–water partition coefficient (Wildman–Crippen LogP) is -0.291. The number of amides is 3. The maximum absolute atomic E-state index is 13.6. The standard InChI is InChI=1S/C21H26N8O5/c30-17(9-12-3-1-4-12)24-14(6-7-18(31)32)21(34)29-15(10-13-5-2-8-22-19(13)29)20(33)23-11-16-25-27-28-26-16/h2,5,8,12,14-15H,1,3-4,6-7,9-11H2,(H,23,33)(H,24,30)(H,31,32)(H,25,26,27,28)/t14-,15-/m0/s1. The maximum Gasteiger partial charge on any atom is 0.303 e. The van der Waals surface area contributed by atoms with Gasteiger partial charge in [-0.3, -0.25) is 24.1 Å². The van der Waals surface area contributed by atoms with E-state index in [1.54, 1.807) is 12.1 Å². The molecule has 34 heavy (non-hydrogen) atoms. The van der Waals surface area contributed by atoms with Gasteiger partial charge in [0.15, 0.2) is 5.82 Å². The minimum absolute atomic E-state index is 0.0121. The third-order valence-corrected chi connectivity index (χ3v) is 6.15. The largest absolute Gasteiger partial charge is 0.481 e. The zero-order chi connectivity index (χ0) is 24.1. The van der Waals surface area contributed by atoms with Crippen LogP contribution in [0.3, 0.4) is 0 Å². The molecule has 2 aromatic heterocycles. The van der Waals surface area contributed by atoms with Crippen molar-refractivity contribution in [3.8, 4) is 0 Å². The first-order chi connectivity index (χ1) is 16.4. The number of aromatic nitrogens is 5. The van der Waals surface area contributed by atoms with E-state index >= 15 is 0 Å². The molecule has 4 N–H and O–H groups in total. The zero-order valence-electron chi connectivity index (χ0n) is 18.4. The number of carboxylic acids is 1. The lowest BCUT2D eigenvalue weighted by Crippen LogP contribution is -2.55. The number of nitrogens with one attached hydrogen (secondary N) is 3. The fraction of sp³-hybridized carbons (Fsp3) is 0.524. The molecule has 2 atom stereocenters. The number of aromatic amines is 1. The summed E-state index contributed by atoms with van der Waals surface area (Å²) < 4.78 is 0. The molecule has 180 valence electrons. The van der Waals surface area contributed by atoms with Crippen LogP contribution in [0.15, 0.2) is 18.3 Å². The third kappa shape index (κ3) is 5.35. The Morgan fingerprint density at radius 1 is 1.26 bits per heavy atom. The summed E-state index contributed by atoms with van der Waals surface area (Å²) in [7, 11) is 0. The summed E-state index contributed by atoms with van der Waals surface area (Å²) in [5.74, 6) is -1.52. The van der Waals surface area contributed by atoms with Gasteiger partial charge in [-0.2, -0.15) is 5.21 Å². The van der Waals surface area contributed by atoms with Crippen LogP contribution in [-0.4, -0.2) is 66.5 Å². The fourth-order valence-electron chi connectivity index (χ4n) is 4.17. The van der Waals surface area contributed by atoms with Crippen LogP contribution in [0, 0.1) is 5.92 Å². The number of aliphatic carboxylic acids is 1. The lowest BCUT2D eigenvalue weighted by atomic mass is 9.83. The number of rotatable bonds is 10. The molecule has 0 saturated heterocycles. The molecule has 1 fully saturated rings. The highest BCUT2D eigenvalue weighted by Gasteiger charge is 2.42. The van der Waals surface area contributed by atoms with Crippen molar-refractivity contribution in [3.05, 3.63) is 29.7 Å². The average Bonchev–Trinajstić information content (AvgIpc) is 3.44. The van der Waals surface area contributed by atoms with Crippen LogP contribution >= 0.6 is 0 Å². The second-order valence-electron chi connectivity index (χ2n) is 8.51. The second-order valence-corrected chi connectivity index (χ2v) is 8.51. The molecule has 2 aromatic rings. The minimum Gasteiger partial charge on any atom is -0.481 e. The number of hydrogen-bond donors (Lipinski definition) is 4. The number of carboxylic acid groups (broad SMARTS) is 1. The Balaban J connectivity index is 1.53. The first-order valence-corrected chi connectivity index (χ1v) is 11.2. The molecule has 0 aromatic carbocycles. The Morgan fingerprint density at radius 3 is 2.76 bits per heavy atom. The Kier molecular flexibility index (Phi) is 7.09. The average molecular weight is 470 g/mol. The Hall–Kier alpha value is -3.90. The predicted molar refractivity (Wildman–Crippen MR) is 116 cm³/mol. The van der Waals surface area contributed by atoms with E-state index in [1.165, 1.54) is 11.1 Å². The molecule has 1 saturated carbocycles. The first-order valence-electron chi connectivity index (χ1n) is 11.2. The van der Waals surface area contributed by atoms with E-state index in [0.29, 0.717) is 17.8 Å². The van der Waals surface area contributed by atoms with Crippen LogP contribution in [-0.2, 0) is 32.1 Å². The third-order valence-electron chi connectivity index (χ3n) is 6.15. The highest BCUT2D eigenvalue weighted by molar-refractivity contribution is 6.06. The SMILES string of the molecule is O=C(O)CC[C@H](NC(=O)CC1CCC1)C(=O)N1c2ncccc2C[C@H]1C(=O)NCc1nn[nH]n1. The van der Waals surface area contributed by atoms with E-state index in [-0.39, 0.29) is 43.5 Å². The lowest BCUT2D eigenvalue weighted by Gasteiger charge is -2.29. The van der Waals surface area contributed by atoms with Crippen LogP contribution in [0.1, 0.15) is 49.9 Å². The molecule has 1 aliphatic heterocycles. The van der Waals surface area contributed by atoms with E-state index in [1.807, 2.05) is 0 Å². The van der Waals surface area contributed by atoms with Crippen molar-refractivity contribution in [2.75, 3.05) is 4.90 Å². The van der Waals surface area contributed by atoms with Crippen molar-refractivity contribution >= 4 is 29.5 Å². The topological polar surface area (TPSA) is 183 Å². The monoisotopic (exact) mass is 470 g/mol. The highest BCUT2D eigenvalue weighted by Crippen LogP contribution is 2.32. The summed E-state index contributed by atoms with van der Waals surface area (Å²) >= 11 is 0. The Morgan fingerprint density at radius 2 is 2.09 bits per heavy atom. The Labute approximate surface area is 194 Å². The van der Waals surface area contributed by atoms with Gasteiger partial charge in [0, 0.05) is 25.5 Å². The molecule has 13 nitrogen and oxygen atoms in total. The molecule has 3 heterocycles. The van der Waals surface area contributed by atoms with Crippen molar-refractivity contribution < 1.29 is 24.3 Å². The molecule has 13 heteroatoms. The number of H-pyrrole nitrogens is 1. The molecule has 0 spiro atoms. The van der Waals surface area contributed by atoms with Gasteiger partial charge < -0.3 is 15.7 Å². The number of pyridine rings is 1. The maximum atomic E-state index is 13.6. The summed E-state index contributed by atoms with van der Waals surface area (Å²) in [5.41, 5.74) is 0.702. The first kappa shape index (κ1) is 23.3. The summed E-state index contributed by atoms with van der Waals surface area (Å²) in [5, 5.41) is 27.9. The summed E-state index contributed by atoms with van der Waals surface area (Å²) in [6.45, 7) is 0.0121. The van der Waals surface area contributed by atoms with Crippen molar-refractivity contribution in [1.82, 2.24) is 36.2 Å². The van der Waals surface area contributed by atoms with Crippen molar-refractivity contribution in [3.63, 3.8) is 0 Å². The van der Waals surface area contributed by atoms with Crippen LogP contribution < -0.4 is 15.5 Å². The van der Waals surface area contributed by atoms with E-state index in [4.69, 9.17) is 5.11 Å². The number of carbonyl (C=O) groups excluding carboxylic acids is 3. The molecule has 0 bridgehead atoms. The quantitative estimate of drug-likeness (QED) is 0.362. The van der Waals surface area contributed by atoms with E-state index in [9.17, 15) is 19.2 Å². The molecule has 4 rings (SSSR count). The molecular formula is C21H26N8O5. The summed E-state index contributed by atoms with van der Waals surface area (Å²) in [6.07, 6.45) is 4.64. The van der Waals surface area contributed by atoms with Crippen LogP contribution in [0.25, 0.3) is 0 Å². The van der Waals surface area contributed by atoms with Crippen LogP contribution in [0.4, 0.5) is 5.82 Å². The number of nitrogens with zero attached hydrogens (tertiary/aromatic N) is 5. The van der Waals surface area contributed by atoms with Crippen molar-refractivity contribution in [1.29, 1.82) is 0 Å². The smallest absolute Gasteiger partial charge is 0.303 e. The van der Waals surface area contributed by atoms with Gasteiger partial charge in [-0.05, 0) is 36.8 Å². The van der Waals surface area contributed by atoms with Gasteiger partial charge in [-0.1, -0.05) is 17.7 Å². The molecule has 3 amide bonds. The van der Waals surface area contributed by atoms with Crippen LogP contribution in [0.2, 0.25) is 0 Å². The van der Waals surface area contributed by atoms with Gasteiger partial charge in [-0.15, -0.1) is 10.2 Å². The van der Waals surface area contributed by atoms with E-state index in [2.05, 4.69) is 36.2 Å². The summed E-state index contributed by atoms with van der Waals surface area (Å²) in [4.78, 5) is 56.0. The second kappa shape index (κ2) is 10.4. The van der Waals surface area contributed by atoms with Gasteiger partial charge in [0.25, 0.3) is 5.91 Å². The number of tetrazole rings is 1. The normalized spacial score (nSPS) is 18.0. The van der Waals surface area contributed by atoms with E-state index in [0.717, 1.165) is 19.3 Å². The molecular weight excluding hydrogens is 444 g/mol. The molecule has 1 aliphatic carbocycles. The number of fused-ring (bicyclic) bond motifs is 1.